The van der Waals surface area contributed by atoms with Crippen LogP contribution in [0.25, 0.3) is 11.0 Å². The van der Waals surface area contributed by atoms with E-state index in [0.29, 0.717) is 17.4 Å². The quantitative estimate of drug-likeness (QED) is 0.809. The first-order valence-corrected chi connectivity index (χ1v) is 6.89. The molecule has 4 nitrogen and oxygen atoms in total. The Kier molecular flexibility index (Phi) is 3.41. The molecule has 1 aliphatic rings. The van der Waals surface area contributed by atoms with Gasteiger partial charge in [-0.15, -0.1) is 11.6 Å². The summed E-state index contributed by atoms with van der Waals surface area (Å²) in [6.07, 6.45) is 1.07. The highest BCUT2D eigenvalue weighted by molar-refractivity contribution is 6.16. The minimum absolute atomic E-state index is 0.354. The lowest BCUT2D eigenvalue weighted by molar-refractivity contribution is 0.182. The number of ether oxygens (including phenoxy) is 1. The number of nitrogens with zero attached hydrogens (tertiary/aromatic N) is 3. The highest BCUT2D eigenvalue weighted by Crippen LogP contribution is 2.24. The van der Waals surface area contributed by atoms with E-state index in [0.717, 1.165) is 43.0 Å². The van der Waals surface area contributed by atoms with Gasteiger partial charge in [0.25, 0.3) is 0 Å². The van der Waals surface area contributed by atoms with Crippen LogP contribution >= 0.6 is 11.6 Å². The van der Waals surface area contributed by atoms with Crippen LogP contribution in [0, 0.1) is 17.2 Å². The molecule has 1 unspecified atom stereocenters. The molecule has 1 aliphatic heterocycles. The number of aromatic nitrogens is 2. The summed E-state index contributed by atoms with van der Waals surface area (Å²) in [6, 6.07) is 7.86. The van der Waals surface area contributed by atoms with Crippen LogP contribution in [0.15, 0.2) is 18.2 Å². The SMILES string of the molecule is N#Cc1cccc2c1nc(CCl)n2CC1CCOC1. The average molecular weight is 276 g/mol. The van der Waals surface area contributed by atoms with Crippen molar-refractivity contribution >= 4 is 22.6 Å². The molecule has 0 amide bonds. The van der Waals surface area contributed by atoms with Gasteiger partial charge in [-0.2, -0.15) is 5.26 Å². The van der Waals surface area contributed by atoms with E-state index in [4.69, 9.17) is 21.6 Å². The van der Waals surface area contributed by atoms with Crippen LogP contribution in [0.4, 0.5) is 0 Å². The fourth-order valence-electron chi connectivity index (χ4n) is 2.58. The lowest BCUT2D eigenvalue weighted by atomic mass is 10.1. The van der Waals surface area contributed by atoms with Crippen molar-refractivity contribution in [3.8, 4) is 6.07 Å². The third-order valence-electron chi connectivity index (χ3n) is 3.56. The molecule has 3 rings (SSSR count). The number of hydrogen-bond donors (Lipinski definition) is 0. The molecule has 0 saturated carbocycles. The molecule has 1 atom stereocenters. The number of nitriles is 1. The van der Waals surface area contributed by atoms with Crippen LogP contribution in [-0.4, -0.2) is 22.8 Å². The van der Waals surface area contributed by atoms with Crippen molar-refractivity contribution < 1.29 is 4.74 Å². The Balaban J connectivity index is 2.08. The number of imidazole rings is 1. The summed E-state index contributed by atoms with van der Waals surface area (Å²) >= 11 is 5.99. The van der Waals surface area contributed by atoms with E-state index >= 15 is 0 Å². The van der Waals surface area contributed by atoms with Crippen LogP contribution in [0.1, 0.15) is 17.8 Å². The van der Waals surface area contributed by atoms with Gasteiger partial charge >= 0.3 is 0 Å². The van der Waals surface area contributed by atoms with Gasteiger partial charge in [-0.3, -0.25) is 0 Å². The van der Waals surface area contributed by atoms with Gasteiger partial charge in [-0.05, 0) is 18.6 Å². The molecule has 5 heteroatoms. The standard InChI is InChI=1S/C14H14ClN3O/c15-6-13-17-14-11(7-16)2-1-3-12(14)18(13)8-10-4-5-19-9-10/h1-3,10H,4-6,8-9H2. The van der Waals surface area contributed by atoms with Gasteiger partial charge in [0.1, 0.15) is 17.4 Å². The number of benzene rings is 1. The van der Waals surface area contributed by atoms with E-state index in [-0.39, 0.29) is 0 Å². The van der Waals surface area contributed by atoms with Crippen molar-refractivity contribution in [1.82, 2.24) is 9.55 Å². The largest absolute Gasteiger partial charge is 0.381 e. The minimum Gasteiger partial charge on any atom is -0.381 e. The first kappa shape index (κ1) is 12.5. The number of hydrogen-bond acceptors (Lipinski definition) is 3. The second-order valence-electron chi connectivity index (χ2n) is 4.79. The summed E-state index contributed by atoms with van der Waals surface area (Å²) in [5, 5.41) is 9.14. The molecule has 0 radical (unpaired) electrons. The normalized spacial score (nSPS) is 18.8. The van der Waals surface area contributed by atoms with E-state index < -0.39 is 0 Å². The molecule has 1 fully saturated rings. The number of rotatable bonds is 3. The molecule has 0 bridgehead atoms. The average Bonchev–Trinajstić information content (AvgIpc) is 3.07. The Labute approximate surface area is 116 Å². The Bertz CT molecular complexity index is 638. The van der Waals surface area contributed by atoms with Crippen LogP contribution in [-0.2, 0) is 17.2 Å². The zero-order valence-electron chi connectivity index (χ0n) is 10.5. The molecule has 2 aromatic rings. The molecular weight excluding hydrogens is 262 g/mol. The zero-order chi connectivity index (χ0) is 13.2. The van der Waals surface area contributed by atoms with E-state index in [2.05, 4.69) is 15.6 Å². The predicted octanol–water partition coefficient (Wildman–Crippen LogP) is 2.68. The Morgan fingerprint density at radius 1 is 1.53 bits per heavy atom. The molecule has 2 heterocycles. The van der Waals surface area contributed by atoms with Gasteiger partial charge in [0, 0.05) is 19.1 Å². The smallest absolute Gasteiger partial charge is 0.124 e. The molecule has 1 aromatic carbocycles. The van der Waals surface area contributed by atoms with Crippen molar-refractivity contribution in [3.05, 3.63) is 29.6 Å². The summed E-state index contributed by atoms with van der Waals surface area (Å²) < 4.78 is 7.54. The van der Waals surface area contributed by atoms with E-state index in [9.17, 15) is 0 Å². The molecule has 1 saturated heterocycles. The maximum absolute atomic E-state index is 9.14. The lowest BCUT2D eigenvalue weighted by Crippen LogP contribution is -2.12. The molecular formula is C14H14ClN3O. The van der Waals surface area contributed by atoms with Crippen molar-refractivity contribution in [2.45, 2.75) is 18.8 Å². The van der Waals surface area contributed by atoms with Gasteiger partial charge in [-0.1, -0.05) is 6.07 Å². The summed E-state index contributed by atoms with van der Waals surface area (Å²) in [6.45, 7) is 2.48. The molecule has 19 heavy (non-hydrogen) atoms. The molecule has 98 valence electrons. The van der Waals surface area contributed by atoms with E-state index in [1.54, 1.807) is 6.07 Å². The van der Waals surface area contributed by atoms with Gasteiger partial charge in [0.2, 0.25) is 0 Å². The number of para-hydroxylation sites is 1. The van der Waals surface area contributed by atoms with Gasteiger partial charge in [-0.25, -0.2) is 4.98 Å². The summed E-state index contributed by atoms with van der Waals surface area (Å²) in [4.78, 5) is 4.51. The van der Waals surface area contributed by atoms with Gasteiger partial charge < -0.3 is 9.30 Å². The van der Waals surface area contributed by atoms with Crippen LogP contribution in [0.5, 0.6) is 0 Å². The third kappa shape index (κ3) is 2.20. The fourth-order valence-corrected chi connectivity index (χ4v) is 2.78. The van der Waals surface area contributed by atoms with Crippen molar-refractivity contribution in [2.75, 3.05) is 13.2 Å². The third-order valence-corrected chi connectivity index (χ3v) is 3.80. The zero-order valence-corrected chi connectivity index (χ0v) is 11.2. The number of halogens is 1. The van der Waals surface area contributed by atoms with Crippen molar-refractivity contribution in [2.24, 2.45) is 5.92 Å². The second kappa shape index (κ2) is 5.20. The van der Waals surface area contributed by atoms with E-state index in [1.165, 1.54) is 0 Å². The maximum atomic E-state index is 9.14. The Morgan fingerprint density at radius 3 is 3.11 bits per heavy atom. The second-order valence-corrected chi connectivity index (χ2v) is 5.05. The Morgan fingerprint density at radius 2 is 2.42 bits per heavy atom. The number of fused-ring (bicyclic) bond motifs is 1. The number of alkyl halides is 1. The first-order valence-electron chi connectivity index (χ1n) is 6.35. The molecule has 0 spiro atoms. The summed E-state index contributed by atoms with van der Waals surface area (Å²) in [5.41, 5.74) is 2.34. The Hall–Kier alpha value is -1.57. The highest BCUT2D eigenvalue weighted by Gasteiger charge is 2.20. The monoisotopic (exact) mass is 275 g/mol. The minimum atomic E-state index is 0.354. The summed E-state index contributed by atoms with van der Waals surface area (Å²) in [5.74, 6) is 1.68. The predicted molar refractivity (Wildman–Crippen MR) is 72.9 cm³/mol. The van der Waals surface area contributed by atoms with Crippen LogP contribution in [0.2, 0.25) is 0 Å². The van der Waals surface area contributed by atoms with Crippen LogP contribution < -0.4 is 0 Å². The van der Waals surface area contributed by atoms with Gasteiger partial charge in [0.15, 0.2) is 0 Å². The fraction of sp³-hybridized carbons (Fsp3) is 0.429. The lowest BCUT2D eigenvalue weighted by Gasteiger charge is -2.12. The topological polar surface area (TPSA) is 50.8 Å². The highest BCUT2D eigenvalue weighted by atomic mass is 35.5. The van der Waals surface area contributed by atoms with Crippen molar-refractivity contribution in [3.63, 3.8) is 0 Å². The summed E-state index contributed by atoms with van der Waals surface area (Å²) in [7, 11) is 0. The maximum Gasteiger partial charge on any atom is 0.124 e. The molecule has 0 N–H and O–H groups in total. The van der Waals surface area contributed by atoms with Crippen LogP contribution in [0.3, 0.4) is 0 Å². The van der Waals surface area contributed by atoms with Crippen molar-refractivity contribution in [1.29, 1.82) is 5.26 Å². The van der Waals surface area contributed by atoms with E-state index in [1.807, 2.05) is 12.1 Å². The first-order chi connectivity index (χ1) is 9.33. The van der Waals surface area contributed by atoms with Gasteiger partial charge in [0.05, 0.1) is 23.6 Å². The molecule has 0 aliphatic carbocycles. The molecule has 1 aromatic heterocycles.